The Labute approximate surface area is 221 Å². The molecule has 38 heavy (non-hydrogen) atoms. The zero-order chi connectivity index (χ0) is 26.3. The number of sulfonamides is 1. The number of aromatic nitrogens is 4. The van der Waals surface area contributed by atoms with E-state index in [9.17, 15) is 8.42 Å². The number of fused-ring (bicyclic) bond motifs is 1. The zero-order valence-corrected chi connectivity index (χ0v) is 22.1. The highest BCUT2D eigenvalue weighted by Crippen LogP contribution is 2.40. The first-order valence-electron chi connectivity index (χ1n) is 12.8. The predicted molar refractivity (Wildman–Crippen MR) is 144 cm³/mol. The van der Waals surface area contributed by atoms with Gasteiger partial charge >= 0.3 is 0 Å². The summed E-state index contributed by atoms with van der Waals surface area (Å²) >= 11 is 0. The minimum atomic E-state index is -3.55. The molecule has 1 aromatic carbocycles. The molecule has 13 heteroatoms. The Balaban J connectivity index is 1.39. The second-order valence-electron chi connectivity index (χ2n) is 9.61. The molecule has 3 aliphatic rings. The van der Waals surface area contributed by atoms with Crippen LogP contribution in [0.1, 0.15) is 11.1 Å². The fourth-order valence-electron chi connectivity index (χ4n) is 5.21. The standard InChI is InChI=1S/C25H31N9O3S/c1-17-14-19(38(35,36)33-8-5-27-6-9-33)2-3-21(17)34-7-4-20-22(18-15-28-24(26)29-16-18)30-25(31-23(20)34)32-10-12-37-13-11-32/h2-3,14-16,27H,4-13H2,1H3,(H2,26,28,29). The monoisotopic (exact) mass is 537 g/mol. The van der Waals surface area contributed by atoms with E-state index in [2.05, 4.69) is 25.1 Å². The van der Waals surface area contributed by atoms with E-state index in [1.807, 2.05) is 13.0 Å². The number of morpholine rings is 1. The number of nitrogen functional groups attached to an aromatic ring is 1. The third-order valence-electron chi connectivity index (χ3n) is 7.23. The number of nitrogens with zero attached hydrogens (tertiary/aromatic N) is 7. The van der Waals surface area contributed by atoms with Crippen molar-refractivity contribution in [3.63, 3.8) is 0 Å². The molecule has 0 radical (unpaired) electrons. The fraction of sp³-hybridized carbons (Fsp3) is 0.440. The predicted octanol–water partition coefficient (Wildman–Crippen LogP) is 0.949. The molecule has 0 amide bonds. The lowest BCUT2D eigenvalue weighted by molar-refractivity contribution is 0.122. The average Bonchev–Trinajstić information content (AvgIpc) is 3.38. The summed E-state index contributed by atoms with van der Waals surface area (Å²) in [5.74, 6) is 1.65. The molecular formula is C25H31N9O3S. The van der Waals surface area contributed by atoms with Gasteiger partial charge in [-0.25, -0.2) is 23.4 Å². The van der Waals surface area contributed by atoms with Crippen molar-refractivity contribution in [2.75, 3.05) is 74.6 Å². The molecule has 6 rings (SSSR count). The molecule has 0 aliphatic carbocycles. The van der Waals surface area contributed by atoms with Gasteiger partial charge < -0.3 is 25.6 Å². The number of piperazine rings is 1. The summed E-state index contributed by atoms with van der Waals surface area (Å²) in [4.78, 5) is 22.9. The number of benzene rings is 1. The normalized spacial score (nSPS) is 18.6. The molecule has 2 fully saturated rings. The summed E-state index contributed by atoms with van der Waals surface area (Å²) in [6.07, 6.45) is 4.12. The molecule has 0 spiro atoms. The fourth-order valence-corrected chi connectivity index (χ4v) is 6.73. The van der Waals surface area contributed by atoms with E-state index in [0.717, 1.165) is 40.3 Å². The molecule has 0 saturated carbocycles. The Morgan fingerprint density at radius 3 is 2.45 bits per heavy atom. The van der Waals surface area contributed by atoms with Crippen LogP contribution in [0.3, 0.4) is 0 Å². The third kappa shape index (κ3) is 4.55. The maximum atomic E-state index is 13.2. The van der Waals surface area contributed by atoms with Gasteiger partial charge in [0, 0.05) is 75.0 Å². The Bertz CT molecular complexity index is 1440. The molecule has 2 saturated heterocycles. The highest BCUT2D eigenvalue weighted by atomic mass is 32.2. The summed E-state index contributed by atoms with van der Waals surface area (Å²) in [6.45, 7) is 7.55. The maximum Gasteiger partial charge on any atom is 0.243 e. The minimum absolute atomic E-state index is 0.209. The lowest BCUT2D eigenvalue weighted by atomic mass is 10.1. The maximum absolute atomic E-state index is 13.2. The van der Waals surface area contributed by atoms with Gasteiger partial charge in [0.2, 0.25) is 21.9 Å². The lowest BCUT2D eigenvalue weighted by Crippen LogP contribution is -2.46. The van der Waals surface area contributed by atoms with Crippen molar-refractivity contribution < 1.29 is 13.2 Å². The van der Waals surface area contributed by atoms with Gasteiger partial charge in [0.15, 0.2) is 0 Å². The number of rotatable bonds is 5. The molecule has 200 valence electrons. The first-order chi connectivity index (χ1) is 18.4. The van der Waals surface area contributed by atoms with Gasteiger partial charge in [0.1, 0.15) is 5.82 Å². The van der Waals surface area contributed by atoms with E-state index in [-0.39, 0.29) is 5.95 Å². The summed E-state index contributed by atoms with van der Waals surface area (Å²) in [7, 11) is -3.55. The Morgan fingerprint density at radius 2 is 1.74 bits per heavy atom. The van der Waals surface area contributed by atoms with Crippen LogP contribution >= 0.6 is 0 Å². The Morgan fingerprint density at radius 1 is 1.00 bits per heavy atom. The number of nitrogens with two attached hydrogens (primary N) is 1. The largest absolute Gasteiger partial charge is 0.378 e. The number of aryl methyl sites for hydroxylation is 1. The summed E-state index contributed by atoms with van der Waals surface area (Å²) in [5.41, 5.74) is 10.1. The first kappa shape index (κ1) is 24.9. The summed E-state index contributed by atoms with van der Waals surface area (Å²) in [5, 5.41) is 3.20. The summed E-state index contributed by atoms with van der Waals surface area (Å²) in [6, 6.07) is 5.36. The van der Waals surface area contributed by atoms with Gasteiger partial charge in [0.25, 0.3) is 0 Å². The van der Waals surface area contributed by atoms with Crippen molar-refractivity contribution in [3.05, 3.63) is 41.7 Å². The van der Waals surface area contributed by atoms with Crippen LogP contribution in [-0.4, -0.2) is 91.7 Å². The first-order valence-corrected chi connectivity index (χ1v) is 14.3. The second kappa shape index (κ2) is 10.1. The highest BCUT2D eigenvalue weighted by Gasteiger charge is 2.31. The van der Waals surface area contributed by atoms with Crippen LogP contribution < -0.4 is 20.9 Å². The Kier molecular flexibility index (Phi) is 6.60. The van der Waals surface area contributed by atoms with Gasteiger partial charge in [-0.2, -0.15) is 9.29 Å². The van der Waals surface area contributed by atoms with Crippen LogP contribution in [0.5, 0.6) is 0 Å². The van der Waals surface area contributed by atoms with Crippen molar-refractivity contribution in [2.45, 2.75) is 18.2 Å². The van der Waals surface area contributed by atoms with Crippen LogP contribution in [0.15, 0.2) is 35.5 Å². The molecule has 12 nitrogen and oxygen atoms in total. The van der Waals surface area contributed by atoms with Crippen molar-refractivity contribution >= 4 is 33.4 Å². The lowest BCUT2D eigenvalue weighted by Gasteiger charge is -2.29. The van der Waals surface area contributed by atoms with E-state index in [4.69, 9.17) is 20.4 Å². The van der Waals surface area contributed by atoms with E-state index < -0.39 is 10.0 Å². The number of hydrogen-bond donors (Lipinski definition) is 2. The molecule has 0 atom stereocenters. The molecule has 0 bridgehead atoms. The van der Waals surface area contributed by atoms with E-state index in [1.165, 1.54) is 0 Å². The third-order valence-corrected chi connectivity index (χ3v) is 9.12. The number of nitrogens with one attached hydrogen (secondary N) is 1. The molecular weight excluding hydrogens is 506 g/mol. The number of anilines is 4. The van der Waals surface area contributed by atoms with Crippen LogP contribution in [0.2, 0.25) is 0 Å². The number of ether oxygens (including phenoxy) is 1. The molecule has 2 aromatic heterocycles. The van der Waals surface area contributed by atoms with E-state index in [0.29, 0.717) is 69.9 Å². The van der Waals surface area contributed by atoms with Crippen molar-refractivity contribution in [1.29, 1.82) is 0 Å². The van der Waals surface area contributed by atoms with E-state index in [1.54, 1.807) is 28.8 Å². The quantitative estimate of drug-likeness (QED) is 0.480. The van der Waals surface area contributed by atoms with Crippen LogP contribution in [0.25, 0.3) is 11.3 Å². The van der Waals surface area contributed by atoms with Crippen LogP contribution in [-0.2, 0) is 21.2 Å². The molecule has 3 aromatic rings. The molecule has 3 N–H and O–H groups in total. The summed E-state index contributed by atoms with van der Waals surface area (Å²) < 4.78 is 33.6. The average molecular weight is 538 g/mol. The zero-order valence-electron chi connectivity index (χ0n) is 21.3. The van der Waals surface area contributed by atoms with Crippen molar-refractivity contribution in [3.8, 4) is 11.3 Å². The molecule has 0 unspecified atom stereocenters. The molecule has 3 aliphatic heterocycles. The van der Waals surface area contributed by atoms with Gasteiger partial charge in [-0.3, -0.25) is 0 Å². The van der Waals surface area contributed by atoms with Gasteiger partial charge in [-0.15, -0.1) is 0 Å². The van der Waals surface area contributed by atoms with Crippen molar-refractivity contribution in [2.24, 2.45) is 0 Å². The van der Waals surface area contributed by atoms with Gasteiger partial charge in [-0.05, 0) is 37.1 Å². The molecule has 5 heterocycles. The van der Waals surface area contributed by atoms with Crippen LogP contribution in [0.4, 0.5) is 23.4 Å². The smallest absolute Gasteiger partial charge is 0.243 e. The SMILES string of the molecule is Cc1cc(S(=O)(=O)N2CCNCC2)ccc1N1CCc2c(-c3cnc(N)nc3)nc(N3CCOCC3)nc21. The minimum Gasteiger partial charge on any atom is -0.378 e. The number of hydrogen-bond acceptors (Lipinski definition) is 11. The highest BCUT2D eigenvalue weighted by molar-refractivity contribution is 7.89. The van der Waals surface area contributed by atoms with Crippen LogP contribution in [0, 0.1) is 6.92 Å². The Hall–Kier alpha value is -3.39. The topological polar surface area (TPSA) is 143 Å². The van der Waals surface area contributed by atoms with Crippen molar-refractivity contribution in [1.82, 2.24) is 29.6 Å². The van der Waals surface area contributed by atoms with E-state index >= 15 is 0 Å². The van der Waals surface area contributed by atoms with Gasteiger partial charge in [-0.1, -0.05) is 0 Å². The van der Waals surface area contributed by atoms with Gasteiger partial charge in [0.05, 0.1) is 23.8 Å². The second-order valence-corrected chi connectivity index (χ2v) is 11.5.